The van der Waals surface area contributed by atoms with E-state index in [1.165, 1.54) is 34.2 Å². The van der Waals surface area contributed by atoms with Gasteiger partial charge in [0.05, 0.1) is 0 Å². The van der Waals surface area contributed by atoms with Gasteiger partial charge in [-0.05, 0) is 55.0 Å². The summed E-state index contributed by atoms with van der Waals surface area (Å²) in [4.78, 5) is 0. The molecule has 98 valence electrons. The second kappa shape index (κ2) is 5.18. The molecular weight excluding hydrogens is 230 g/mol. The van der Waals surface area contributed by atoms with Gasteiger partial charge in [0.15, 0.2) is 0 Å². The molecule has 0 aliphatic carbocycles. The summed E-state index contributed by atoms with van der Waals surface area (Å²) in [6, 6.07) is 15.8. The van der Waals surface area contributed by atoms with E-state index < -0.39 is 0 Å². The number of aryl methyl sites for hydroxylation is 2. The number of hydrogen-bond acceptors (Lipinski definition) is 1. The number of benzene rings is 2. The maximum absolute atomic E-state index is 3.45. The van der Waals surface area contributed by atoms with Gasteiger partial charge in [0, 0.05) is 6.54 Å². The van der Waals surface area contributed by atoms with Gasteiger partial charge in [0.2, 0.25) is 0 Å². The van der Waals surface area contributed by atoms with E-state index >= 15 is 0 Å². The molecule has 1 heteroatoms. The van der Waals surface area contributed by atoms with Crippen LogP contribution in [0.5, 0.6) is 0 Å². The molecule has 1 aliphatic rings. The van der Waals surface area contributed by atoms with Crippen LogP contribution in [0, 0.1) is 13.8 Å². The Morgan fingerprint density at radius 3 is 2.68 bits per heavy atom. The van der Waals surface area contributed by atoms with E-state index in [0.717, 1.165) is 13.1 Å². The maximum Gasteiger partial charge on any atom is 0.00206 e. The van der Waals surface area contributed by atoms with Crippen LogP contribution < -0.4 is 5.32 Å². The Hall–Kier alpha value is -1.60. The predicted octanol–water partition coefficient (Wildman–Crippen LogP) is 4.05. The molecule has 3 rings (SSSR count). The molecule has 1 aliphatic heterocycles. The lowest BCUT2D eigenvalue weighted by Crippen LogP contribution is -2.07. The Bertz CT molecular complexity index is 580. The van der Waals surface area contributed by atoms with Crippen molar-refractivity contribution in [3.8, 4) is 11.1 Å². The molecule has 1 nitrogen and oxygen atoms in total. The molecule has 19 heavy (non-hydrogen) atoms. The Morgan fingerprint density at radius 1 is 1.05 bits per heavy atom. The van der Waals surface area contributed by atoms with Crippen LogP contribution in [0.4, 0.5) is 0 Å². The van der Waals surface area contributed by atoms with Gasteiger partial charge in [0.25, 0.3) is 0 Å². The van der Waals surface area contributed by atoms with Gasteiger partial charge in [-0.2, -0.15) is 0 Å². The van der Waals surface area contributed by atoms with Gasteiger partial charge < -0.3 is 5.32 Å². The Balaban J connectivity index is 1.98. The Morgan fingerprint density at radius 2 is 1.95 bits per heavy atom. The third-order valence-electron chi connectivity index (χ3n) is 4.11. The van der Waals surface area contributed by atoms with Crippen LogP contribution in [0.15, 0.2) is 42.5 Å². The molecule has 0 saturated carbocycles. The van der Waals surface area contributed by atoms with Crippen molar-refractivity contribution in [3.63, 3.8) is 0 Å². The monoisotopic (exact) mass is 251 g/mol. The minimum atomic E-state index is 0.686. The number of rotatable bonds is 2. The van der Waals surface area contributed by atoms with Crippen LogP contribution in [0.25, 0.3) is 11.1 Å². The minimum absolute atomic E-state index is 0.686. The summed E-state index contributed by atoms with van der Waals surface area (Å²) in [6.45, 7) is 6.62. The summed E-state index contributed by atoms with van der Waals surface area (Å²) in [5, 5.41) is 3.45. The van der Waals surface area contributed by atoms with E-state index in [4.69, 9.17) is 0 Å². The molecule has 0 radical (unpaired) electrons. The van der Waals surface area contributed by atoms with Crippen molar-refractivity contribution >= 4 is 0 Å². The maximum atomic E-state index is 3.45. The fraction of sp³-hybridized carbons (Fsp3) is 0.333. The largest absolute Gasteiger partial charge is 0.316 e. The molecule has 0 aromatic heterocycles. The first-order valence-electron chi connectivity index (χ1n) is 7.12. The molecule has 0 spiro atoms. The molecule has 1 heterocycles. The summed E-state index contributed by atoms with van der Waals surface area (Å²) in [5.41, 5.74) is 6.88. The molecule has 1 fully saturated rings. The first kappa shape index (κ1) is 12.4. The molecule has 1 unspecified atom stereocenters. The van der Waals surface area contributed by atoms with Crippen molar-refractivity contribution in [2.75, 3.05) is 13.1 Å². The predicted molar refractivity (Wildman–Crippen MR) is 81.6 cm³/mol. The lowest BCUT2D eigenvalue weighted by atomic mass is 9.92. The van der Waals surface area contributed by atoms with E-state index in [-0.39, 0.29) is 0 Å². The molecule has 2 aromatic carbocycles. The zero-order chi connectivity index (χ0) is 13.2. The topological polar surface area (TPSA) is 12.0 Å². The summed E-state index contributed by atoms with van der Waals surface area (Å²) in [6.07, 6.45) is 1.26. The highest BCUT2D eigenvalue weighted by molar-refractivity contribution is 5.68. The van der Waals surface area contributed by atoms with Gasteiger partial charge in [-0.3, -0.25) is 0 Å². The van der Waals surface area contributed by atoms with E-state index in [9.17, 15) is 0 Å². The fourth-order valence-corrected chi connectivity index (χ4v) is 3.04. The molecule has 1 saturated heterocycles. The van der Waals surface area contributed by atoms with Crippen molar-refractivity contribution in [2.24, 2.45) is 0 Å². The average molecular weight is 251 g/mol. The normalized spacial score (nSPS) is 18.7. The molecular formula is C18H21N. The Labute approximate surface area is 115 Å². The smallest absolute Gasteiger partial charge is 0.00206 e. The molecule has 0 amide bonds. The van der Waals surface area contributed by atoms with E-state index in [0.29, 0.717) is 5.92 Å². The van der Waals surface area contributed by atoms with Gasteiger partial charge >= 0.3 is 0 Å². The first-order valence-corrected chi connectivity index (χ1v) is 7.12. The number of nitrogens with one attached hydrogen (secondary N) is 1. The summed E-state index contributed by atoms with van der Waals surface area (Å²) < 4.78 is 0. The van der Waals surface area contributed by atoms with Crippen molar-refractivity contribution in [3.05, 3.63) is 59.2 Å². The van der Waals surface area contributed by atoms with Crippen molar-refractivity contribution in [2.45, 2.75) is 26.2 Å². The molecule has 2 aromatic rings. The van der Waals surface area contributed by atoms with Crippen LogP contribution >= 0.6 is 0 Å². The van der Waals surface area contributed by atoms with Gasteiger partial charge in [0.1, 0.15) is 0 Å². The van der Waals surface area contributed by atoms with Gasteiger partial charge in [-0.25, -0.2) is 0 Å². The van der Waals surface area contributed by atoms with Crippen molar-refractivity contribution < 1.29 is 0 Å². The molecule has 0 bridgehead atoms. The fourth-order valence-electron chi connectivity index (χ4n) is 3.04. The summed E-state index contributed by atoms with van der Waals surface area (Å²) >= 11 is 0. The van der Waals surface area contributed by atoms with Gasteiger partial charge in [-0.15, -0.1) is 0 Å². The highest BCUT2D eigenvalue weighted by atomic mass is 14.9. The van der Waals surface area contributed by atoms with E-state index in [1.807, 2.05) is 0 Å². The second-order valence-corrected chi connectivity index (χ2v) is 5.63. The Kier molecular flexibility index (Phi) is 3.39. The van der Waals surface area contributed by atoms with Crippen LogP contribution in [-0.4, -0.2) is 13.1 Å². The second-order valence-electron chi connectivity index (χ2n) is 5.63. The van der Waals surface area contributed by atoms with E-state index in [2.05, 4.69) is 61.6 Å². The minimum Gasteiger partial charge on any atom is -0.316 e. The third kappa shape index (κ3) is 2.57. The zero-order valence-corrected chi connectivity index (χ0v) is 11.7. The van der Waals surface area contributed by atoms with Crippen molar-refractivity contribution in [1.29, 1.82) is 0 Å². The zero-order valence-electron chi connectivity index (χ0n) is 11.7. The number of hydrogen-bond donors (Lipinski definition) is 1. The SMILES string of the molecule is Cc1ccc(-c2cccc(C3CCNC3)c2)c(C)c1. The first-order chi connectivity index (χ1) is 9.24. The summed E-state index contributed by atoms with van der Waals surface area (Å²) in [7, 11) is 0. The third-order valence-corrected chi connectivity index (χ3v) is 4.11. The quantitative estimate of drug-likeness (QED) is 0.849. The lowest BCUT2D eigenvalue weighted by molar-refractivity contribution is 0.764. The molecule has 1 atom stereocenters. The highest BCUT2D eigenvalue weighted by Crippen LogP contribution is 2.29. The van der Waals surface area contributed by atoms with Gasteiger partial charge in [-0.1, -0.05) is 48.0 Å². The van der Waals surface area contributed by atoms with Crippen LogP contribution in [-0.2, 0) is 0 Å². The average Bonchev–Trinajstić information content (AvgIpc) is 2.93. The van der Waals surface area contributed by atoms with Crippen LogP contribution in [0.3, 0.4) is 0 Å². The lowest BCUT2D eigenvalue weighted by Gasteiger charge is -2.12. The highest BCUT2D eigenvalue weighted by Gasteiger charge is 2.16. The molecule has 1 N–H and O–H groups in total. The van der Waals surface area contributed by atoms with Crippen LogP contribution in [0.2, 0.25) is 0 Å². The summed E-state index contributed by atoms with van der Waals surface area (Å²) in [5.74, 6) is 0.686. The van der Waals surface area contributed by atoms with Crippen molar-refractivity contribution in [1.82, 2.24) is 5.32 Å². The van der Waals surface area contributed by atoms with Crippen LogP contribution in [0.1, 0.15) is 29.0 Å². The standard InChI is InChI=1S/C18H21N/c1-13-6-7-18(14(2)10-13)16-5-3-4-15(11-16)17-8-9-19-12-17/h3-7,10-11,17,19H,8-9,12H2,1-2H3. The van der Waals surface area contributed by atoms with E-state index in [1.54, 1.807) is 0 Å².